The number of hydrogen-bond donors (Lipinski definition) is 0. The summed E-state index contributed by atoms with van der Waals surface area (Å²) in [7, 11) is 0. The van der Waals surface area contributed by atoms with Gasteiger partial charge >= 0.3 is 0 Å². The summed E-state index contributed by atoms with van der Waals surface area (Å²) in [5.41, 5.74) is 3.66. The van der Waals surface area contributed by atoms with Gasteiger partial charge < -0.3 is 0 Å². The van der Waals surface area contributed by atoms with Crippen LogP contribution in [0.4, 0.5) is 0 Å². The number of carbonyl (C=O) groups is 1. The molecule has 0 fully saturated rings. The van der Waals surface area contributed by atoms with Gasteiger partial charge in [-0.25, -0.2) is 9.97 Å². The Bertz CT molecular complexity index is 518. The second kappa shape index (κ2) is 4.23. The van der Waals surface area contributed by atoms with Gasteiger partial charge in [-0.3, -0.25) is 4.79 Å². The molecule has 0 spiro atoms. The van der Waals surface area contributed by atoms with E-state index in [-0.39, 0.29) is 0 Å². The summed E-state index contributed by atoms with van der Waals surface area (Å²) in [5, 5.41) is 0. The second-order valence-electron chi connectivity index (χ2n) is 3.66. The molecule has 0 aliphatic carbocycles. The third kappa shape index (κ3) is 1.98. The van der Waals surface area contributed by atoms with Crippen LogP contribution in [-0.2, 0) is 0 Å². The molecule has 2 rings (SSSR count). The molecule has 0 saturated carbocycles. The number of nitrogens with zero attached hydrogens (tertiary/aromatic N) is 2. The van der Waals surface area contributed by atoms with Gasteiger partial charge in [0.1, 0.15) is 12.1 Å². The van der Waals surface area contributed by atoms with E-state index in [0.29, 0.717) is 5.56 Å². The molecule has 16 heavy (non-hydrogen) atoms. The fourth-order valence-electron chi connectivity index (χ4n) is 1.61. The van der Waals surface area contributed by atoms with Gasteiger partial charge in [-0.15, -0.1) is 0 Å². The summed E-state index contributed by atoms with van der Waals surface area (Å²) in [6, 6.07) is 7.40. The van der Waals surface area contributed by atoms with E-state index in [9.17, 15) is 4.79 Å². The third-order valence-corrected chi connectivity index (χ3v) is 2.46. The van der Waals surface area contributed by atoms with Crippen molar-refractivity contribution in [3.63, 3.8) is 0 Å². The Hall–Kier alpha value is -2.03. The Kier molecular flexibility index (Phi) is 2.77. The SMILES string of the molecule is Cc1ncc(-c2ccc(C=O)cc2)c(C)n1. The van der Waals surface area contributed by atoms with Crippen LogP contribution in [0.2, 0.25) is 0 Å². The van der Waals surface area contributed by atoms with Crippen LogP contribution in [0.5, 0.6) is 0 Å². The Balaban J connectivity index is 2.46. The van der Waals surface area contributed by atoms with Gasteiger partial charge in [-0.2, -0.15) is 0 Å². The van der Waals surface area contributed by atoms with Crippen LogP contribution >= 0.6 is 0 Å². The highest BCUT2D eigenvalue weighted by Gasteiger charge is 2.03. The average molecular weight is 212 g/mol. The fraction of sp³-hybridized carbons (Fsp3) is 0.154. The Morgan fingerprint density at radius 2 is 1.81 bits per heavy atom. The van der Waals surface area contributed by atoms with Crippen LogP contribution in [0.15, 0.2) is 30.5 Å². The molecule has 3 nitrogen and oxygen atoms in total. The van der Waals surface area contributed by atoms with E-state index >= 15 is 0 Å². The van der Waals surface area contributed by atoms with Gasteiger partial charge in [0.2, 0.25) is 0 Å². The van der Waals surface area contributed by atoms with Gasteiger partial charge in [0.05, 0.1) is 0 Å². The first kappa shape index (κ1) is 10.5. The topological polar surface area (TPSA) is 42.9 Å². The van der Waals surface area contributed by atoms with Crippen LogP contribution in [0.25, 0.3) is 11.1 Å². The first-order valence-corrected chi connectivity index (χ1v) is 5.06. The lowest BCUT2D eigenvalue weighted by molar-refractivity contribution is 0.112. The monoisotopic (exact) mass is 212 g/mol. The maximum atomic E-state index is 10.5. The van der Waals surface area contributed by atoms with Crippen molar-refractivity contribution < 1.29 is 4.79 Å². The minimum atomic E-state index is 0.675. The summed E-state index contributed by atoms with van der Waals surface area (Å²) in [5.74, 6) is 0.769. The van der Waals surface area contributed by atoms with Crippen LogP contribution in [0.1, 0.15) is 21.9 Å². The van der Waals surface area contributed by atoms with Crippen molar-refractivity contribution in [2.45, 2.75) is 13.8 Å². The van der Waals surface area contributed by atoms with Gasteiger partial charge in [0, 0.05) is 23.0 Å². The number of benzene rings is 1. The Morgan fingerprint density at radius 3 is 2.38 bits per heavy atom. The number of hydrogen-bond acceptors (Lipinski definition) is 3. The summed E-state index contributed by atoms with van der Waals surface area (Å²) >= 11 is 0. The molecule has 0 N–H and O–H groups in total. The molecule has 80 valence electrons. The lowest BCUT2D eigenvalue weighted by Gasteiger charge is -2.05. The van der Waals surface area contributed by atoms with Crippen LogP contribution in [0.3, 0.4) is 0 Å². The van der Waals surface area contributed by atoms with Crippen molar-refractivity contribution in [3.8, 4) is 11.1 Å². The van der Waals surface area contributed by atoms with Gasteiger partial charge in [-0.1, -0.05) is 24.3 Å². The predicted octanol–water partition coefficient (Wildman–Crippen LogP) is 2.57. The normalized spacial score (nSPS) is 10.1. The molecule has 0 bridgehead atoms. The van der Waals surface area contributed by atoms with Gasteiger partial charge in [0.15, 0.2) is 0 Å². The quantitative estimate of drug-likeness (QED) is 0.718. The molecule has 0 aliphatic rings. The molecule has 1 aromatic carbocycles. The highest BCUT2D eigenvalue weighted by molar-refractivity contribution is 5.77. The Morgan fingerprint density at radius 1 is 1.12 bits per heavy atom. The lowest BCUT2D eigenvalue weighted by atomic mass is 10.0. The molecule has 3 heteroatoms. The van der Waals surface area contributed by atoms with E-state index < -0.39 is 0 Å². The molecule has 0 unspecified atom stereocenters. The molecular formula is C13H12N2O. The molecule has 2 aromatic rings. The molecule has 0 atom stereocenters. The zero-order chi connectivity index (χ0) is 11.5. The van der Waals surface area contributed by atoms with E-state index in [1.807, 2.05) is 32.2 Å². The smallest absolute Gasteiger partial charge is 0.150 e. The van der Waals surface area contributed by atoms with Crippen molar-refractivity contribution in [2.75, 3.05) is 0 Å². The fourth-order valence-corrected chi connectivity index (χ4v) is 1.61. The predicted molar refractivity (Wildman–Crippen MR) is 62.3 cm³/mol. The summed E-state index contributed by atoms with van der Waals surface area (Å²) in [6.45, 7) is 3.82. The van der Waals surface area contributed by atoms with E-state index in [1.54, 1.807) is 12.1 Å². The first-order chi connectivity index (χ1) is 7.70. The molecule has 1 heterocycles. The van der Waals surface area contributed by atoms with Crippen LogP contribution in [0, 0.1) is 13.8 Å². The minimum Gasteiger partial charge on any atom is -0.298 e. The average Bonchev–Trinajstić information content (AvgIpc) is 2.29. The van der Waals surface area contributed by atoms with Crippen molar-refractivity contribution >= 4 is 6.29 Å². The standard InChI is InChI=1S/C13H12N2O/c1-9-13(7-14-10(2)15-9)12-5-3-11(8-16)4-6-12/h3-8H,1-2H3. The summed E-state index contributed by atoms with van der Waals surface area (Å²) in [4.78, 5) is 19.0. The van der Waals surface area contributed by atoms with Crippen molar-refractivity contribution in [1.82, 2.24) is 9.97 Å². The number of aldehydes is 1. The van der Waals surface area contributed by atoms with Crippen molar-refractivity contribution in [2.24, 2.45) is 0 Å². The lowest BCUT2D eigenvalue weighted by Crippen LogP contribution is -1.94. The first-order valence-electron chi connectivity index (χ1n) is 5.06. The maximum Gasteiger partial charge on any atom is 0.150 e. The second-order valence-corrected chi connectivity index (χ2v) is 3.66. The van der Waals surface area contributed by atoms with Crippen LogP contribution in [-0.4, -0.2) is 16.3 Å². The number of carbonyl (C=O) groups excluding carboxylic acids is 1. The van der Waals surface area contributed by atoms with E-state index in [1.165, 1.54) is 0 Å². The molecule has 0 radical (unpaired) electrons. The number of aromatic nitrogens is 2. The van der Waals surface area contributed by atoms with Crippen LogP contribution < -0.4 is 0 Å². The Labute approximate surface area is 94.2 Å². The number of aryl methyl sites for hydroxylation is 2. The van der Waals surface area contributed by atoms with E-state index in [2.05, 4.69) is 9.97 Å². The molecule has 0 amide bonds. The van der Waals surface area contributed by atoms with E-state index in [0.717, 1.165) is 28.9 Å². The third-order valence-electron chi connectivity index (χ3n) is 2.46. The van der Waals surface area contributed by atoms with Gasteiger partial charge in [-0.05, 0) is 19.4 Å². The van der Waals surface area contributed by atoms with E-state index in [4.69, 9.17) is 0 Å². The largest absolute Gasteiger partial charge is 0.298 e. The zero-order valence-electron chi connectivity index (χ0n) is 9.27. The summed E-state index contributed by atoms with van der Waals surface area (Å²) in [6.07, 6.45) is 2.65. The maximum absolute atomic E-state index is 10.5. The van der Waals surface area contributed by atoms with Crippen molar-refractivity contribution in [1.29, 1.82) is 0 Å². The van der Waals surface area contributed by atoms with Crippen molar-refractivity contribution in [3.05, 3.63) is 47.5 Å². The highest BCUT2D eigenvalue weighted by Crippen LogP contribution is 2.21. The minimum absolute atomic E-state index is 0.675. The zero-order valence-corrected chi connectivity index (χ0v) is 9.27. The number of rotatable bonds is 2. The molecular weight excluding hydrogens is 200 g/mol. The molecule has 1 aromatic heterocycles. The summed E-state index contributed by atoms with van der Waals surface area (Å²) < 4.78 is 0. The molecule has 0 saturated heterocycles. The highest BCUT2D eigenvalue weighted by atomic mass is 16.1. The van der Waals surface area contributed by atoms with Gasteiger partial charge in [0.25, 0.3) is 0 Å². The molecule has 0 aliphatic heterocycles.